The van der Waals surface area contributed by atoms with E-state index in [1.165, 1.54) is 25.5 Å². The van der Waals surface area contributed by atoms with Crippen LogP contribution in [0.15, 0.2) is 23.3 Å². The molecule has 1 fully saturated rings. The molecule has 8 heteroatoms. The van der Waals surface area contributed by atoms with E-state index in [1.54, 1.807) is 12.1 Å². The van der Waals surface area contributed by atoms with Gasteiger partial charge in [-0.2, -0.15) is 0 Å². The van der Waals surface area contributed by atoms with Crippen LogP contribution in [-0.4, -0.2) is 30.5 Å². The second-order valence-corrected chi connectivity index (χ2v) is 5.05. The molecule has 124 valence electrons. The Morgan fingerprint density at radius 1 is 1.50 bits per heavy atom. The number of ether oxygens (including phenoxy) is 1. The number of nitrogens with one attached hydrogen (secondary N) is 1. The summed E-state index contributed by atoms with van der Waals surface area (Å²) in [5.41, 5.74) is 6.41. The van der Waals surface area contributed by atoms with Crippen molar-refractivity contribution in [2.45, 2.75) is 32.2 Å². The fraction of sp³-hybridized carbons (Fsp3) is 0.571. The van der Waals surface area contributed by atoms with Gasteiger partial charge in [-0.15, -0.1) is 24.0 Å². The van der Waals surface area contributed by atoms with E-state index in [-0.39, 0.29) is 36.4 Å². The van der Waals surface area contributed by atoms with Crippen molar-refractivity contribution < 1.29 is 13.5 Å². The zero-order valence-corrected chi connectivity index (χ0v) is 14.5. The van der Waals surface area contributed by atoms with Crippen molar-refractivity contribution in [1.29, 1.82) is 0 Å². The first-order valence-corrected chi connectivity index (χ1v) is 7.03. The number of nitrogens with two attached hydrogens (primary N) is 1. The summed E-state index contributed by atoms with van der Waals surface area (Å²) in [6.07, 6.45) is 2.71. The van der Waals surface area contributed by atoms with Crippen molar-refractivity contribution >= 4 is 29.9 Å². The highest BCUT2D eigenvalue weighted by Crippen LogP contribution is 2.25. The van der Waals surface area contributed by atoms with Gasteiger partial charge in [0.25, 0.3) is 6.43 Å². The average molecular weight is 426 g/mol. The number of pyridine rings is 1. The Hall–Kier alpha value is -1.19. The number of aliphatic imine (C=N–C) groups is 1. The SMILES string of the molecule is I.NC(=NCc1cccnc1OCC(F)F)NCC1CCC1. The highest BCUT2D eigenvalue weighted by molar-refractivity contribution is 14.0. The van der Waals surface area contributed by atoms with Crippen LogP contribution in [-0.2, 0) is 6.54 Å². The number of hydrogen-bond donors (Lipinski definition) is 2. The van der Waals surface area contributed by atoms with Gasteiger partial charge in [-0.25, -0.2) is 18.8 Å². The predicted molar refractivity (Wildman–Crippen MR) is 91.8 cm³/mol. The van der Waals surface area contributed by atoms with Gasteiger partial charge in [0, 0.05) is 18.3 Å². The summed E-state index contributed by atoms with van der Waals surface area (Å²) >= 11 is 0. The van der Waals surface area contributed by atoms with Crippen molar-refractivity contribution in [1.82, 2.24) is 10.3 Å². The highest BCUT2D eigenvalue weighted by atomic mass is 127. The Labute approximate surface area is 145 Å². The molecule has 5 nitrogen and oxygen atoms in total. The van der Waals surface area contributed by atoms with Crippen molar-refractivity contribution in [3.05, 3.63) is 23.9 Å². The van der Waals surface area contributed by atoms with E-state index < -0.39 is 13.0 Å². The van der Waals surface area contributed by atoms with Gasteiger partial charge in [0.1, 0.15) is 0 Å². The second-order valence-electron chi connectivity index (χ2n) is 5.05. The third-order valence-corrected chi connectivity index (χ3v) is 3.41. The number of alkyl halides is 2. The van der Waals surface area contributed by atoms with Crippen molar-refractivity contribution in [2.75, 3.05) is 13.2 Å². The summed E-state index contributed by atoms with van der Waals surface area (Å²) in [6, 6.07) is 3.44. The minimum atomic E-state index is -2.53. The molecule has 0 radical (unpaired) electrons. The van der Waals surface area contributed by atoms with Crippen LogP contribution < -0.4 is 15.8 Å². The van der Waals surface area contributed by atoms with E-state index in [0.29, 0.717) is 17.4 Å². The third kappa shape index (κ3) is 6.29. The second kappa shape index (κ2) is 9.75. The summed E-state index contributed by atoms with van der Waals surface area (Å²) in [7, 11) is 0. The predicted octanol–water partition coefficient (Wildman–Crippen LogP) is 2.55. The minimum Gasteiger partial charge on any atom is -0.471 e. The van der Waals surface area contributed by atoms with Crippen molar-refractivity contribution in [3.8, 4) is 5.88 Å². The molecule has 0 saturated heterocycles. The Balaban J connectivity index is 0.00000242. The Kier molecular flexibility index (Phi) is 8.36. The molecule has 3 N–H and O–H groups in total. The van der Waals surface area contributed by atoms with Gasteiger partial charge in [-0.1, -0.05) is 12.5 Å². The molecule has 2 rings (SSSR count). The summed E-state index contributed by atoms with van der Waals surface area (Å²) in [6.45, 7) is 0.399. The van der Waals surface area contributed by atoms with Gasteiger partial charge < -0.3 is 15.8 Å². The molecule has 22 heavy (non-hydrogen) atoms. The number of rotatable bonds is 7. The fourth-order valence-corrected chi connectivity index (χ4v) is 1.99. The van der Waals surface area contributed by atoms with Crippen molar-refractivity contribution in [2.24, 2.45) is 16.6 Å². The quantitative estimate of drug-likeness (QED) is 0.400. The van der Waals surface area contributed by atoms with E-state index >= 15 is 0 Å². The topological polar surface area (TPSA) is 72.5 Å². The van der Waals surface area contributed by atoms with Gasteiger partial charge in [0.2, 0.25) is 5.88 Å². The zero-order chi connectivity index (χ0) is 15.1. The van der Waals surface area contributed by atoms with Crippen LogP contribution in [0.25, 0.3) is 0 Å². The number of halogens is 3. The van der Waals surface area contributed by atoms with Gasteiger partial charge in [0.15, 0.2) is 12.6 Å². The molecular weight excluding hydrogens is 405 g/mol. The van der Waals surface area contributed by atoms with Crippen molar-refractivity contribution in [3.63, 3.8) is 0 Å². The highest BCUT2D eigenvalue weighted by Gasteiger charge is 2.16. The average Bonchev–Trinajstić information content (AvgIpc) is 2.42. The molecule has 1 heterocycles. The van der Waals surface area contributed by atoms with Gasteiger partial charge in [-0.3, -0.25) is 0 Å². The fourth-order valence-electron chi connectivity index (χ4n) is 1.99. The molecule has 1 aliphatic rings. The number of aromatic nitrogens is 1. The summed E-state index contributed by atoms with van der Waals surface area (Å²) < 4.78 is 29.3. The Bertz CT molecular complexity index is 484. The van der Waals surface area contributed by atoms with Crippen LogP contribution in [0, 0.1) is 5.92 Å². The largest absolute Gasteiger partial charge is 0.471 e. The molecule has 0 atom stereocenters. The van der Waals surface area contributed by atoms with E-state index in [9.17, 15) is 8.78 Å². The van der Waals surface area contributed by atoms with E-state index in [0.717, 1.165) is 6.54 Å². The lowest BCUT2D eigenvalue weighted by Crippen LogP contribution is -2.37. The normalized spacial score (nSPS) is 15.1. The lowest BCUT2D eigenvalue weighted by molar-refractivity contribution is 0.0791. The zero-order valence-electron chi connectivity index (χ0n) is 12.2. The standard InChI is InChI=1S/C14H20F2N4O.HI/c15-12(16)9-21-13-11(5-2-6-18-13)8-20-14(17)19-7-10-3-1-4-10;/h2,5-6,10,12H,1,3-4,7-9H2,(H3,17,19,20);1H. The van der Waals surface area contributed by atoms with Gasteiger partial charge >= 0.3 is 0 Å². The Morgan fingerprint density at radius 2 is 2.27 bits per heavy atom. The number of hydrogen-bond acceptors (Lipinski definition) is 3. The van der Waals surface area contributed by atoms with E-state index in [1.807, 2.05) is 0 Å². The summed E-state index contributed by atoms with van der Waals surface area (Å²) in [4.78, 5) is 8.13. The first-order valence-electron chi connectivity index (χ1n) is 7.03. The number of guanidine groups is 1. The molecular formula is C14H21F2IN4O. The first-order chi connectivity index (χ1) is 10.1. The first kappa shape index (κ1) is 18.9. The third-order valence-electron chi connectivity index (χ3n) is 3.41. The van der Waals surface area contributed by atoms with Crippen LogP contribution in [0.5, 0.6) is 5.88 Å². The lowest BCUT2D eigenvalue weighted by atomic mass is 9.85. The summed E-state index contributed by atoms with van der Waals surface area (Å²) in [5, 5.41) is 3.07. The maximum absolute atomic E-state index is 12.2. The van der Waals surface area contributed by atoms with Crippen LogP contribution >= 0.6 is 24.0 Å². The molecule has 1 aromatic rings. The molecule has 0 aromatic carbocycles. The van der Waals surface area contributed by atoms with Gasteiger partial charge in [0.05, 0.1) is 6.54 Å². The van der Waals surface area contributed by atoms with Gasteiger partial charge in [-0.05, 0) is 24.8 Å². The Morgan fingerprint density at radius 3 is 2.91 bits per heavy atom. The monoisotopic (exact) mass is 426 g/mol. The van der Waals surface area contributed by atoms with Crippen LogP contribution in [0.4, 0.5) is 8.78 Å². The molecule has 1 aliphatic carbocycles. The molecule has 0 spiro atoms. The van der Waals surface area contributed by atoms with Crippen LogP contribution in [0.3, 0.4) is 0 Å². The maximum Gasteiger partial charge on any atom is 0.272 e. The van der Waals surface area contributed by atoms with Crippen LogP contribution in [0.1, 0.15) is 24.8 Å². The summed E-state index contributed by atoms with van der Waals surface area (Å²) in [5.74, 6) is 1.21. The molecule has 0 bridgehead atoms. The van der Waals surface area contributed by atoms with E-state index in [2.05, 4.69) is 15.3 Å². The smallest absolute Gasteiger partial charge is 0.272 e. The van der Waals surface area contributed by atoms with Crippen LogP contribution in [0.2, 0.25) is 0 Å². The number of nitrogens with zero attached hydrogens (tertiary/aromatic N) is 2. The molecule has 0 aliphatic heterocycles. The van der Waals surface area contributed by atoms with E-state index in [4.69, 9.17) is 10.5 Å². The molecule has 1 aromatic heterocycles. The minimum absolute atomic E-state index is 0. The molecule has 0 unspecified atom stereocenters. The molecule has 1 saturated carbocycles. The lowest BCUT2D eigenvalue weighted by Gasteiger charge is -2.25. The molecule has 0 amide bonds. The maximum atomic E-state index is 12.2.